The molecule has 0 bridgehead atoms. The van der Waals surface area contributed by atoms with E-state index in [2.05, 4.69) is 103 Å². The summed E-state index contributed by atoms with van der Waals surface area (Å²) in [5.74, 6) is 3.28. The van der Waals surface area contributed by atoms with E-state index in [0.717, 1.165) is 91.0 Å². The van der Waals surface area contributed by atoms with Crippen LogP contribution in [-0.2, 0) is 0 Å². The lowest BCUT2D eigenvalue weighted by Crippen LogP contribution is -2.15. The predicted octanol–water partition coefficient (Wildman–Crippen LogP) is 11.3. The van der Waals surface area contributed by atoms with Crippen molar-refractivity contribution in [3.8, 4) is 56.9 Å². The van der Waals surface area contributed by atoms with Gasteiger partial charge in [0.05, 0.1) is 46.5 Å². The normalized spacial score (nSPS) is 12.5. The molecule has 0 saturated carbocycles. The molecule has 0 aliphatic carbocycles. The van der Waals surface area contributed by atoms with E-state index in [-0.39, 0.29) is 0 Å². The quantitative estimate of drug-likeness (QED) is 0.167. The van der Waals surface area contributed by atoms with Crippen molar-refractivity contribution in [3.63, 3.8) is 0 Å². The number of anilines is 6. The van der Waals surface area contributed by atoms with Gasteiger partial charge in [0.15, 0.2) is 23.0 Å². The summed E-state index contributed by atoms with van der Waals surface area (Å²) in [7, 11) is 0. The summed E-state index contributed by atoms with van der Waals surface area (Å²) in [5, 5.41) is 18.0. The first-order chi connectivity index (χ1) is 27.7. The molecular formula is C46H30N8O2. The van der Waals surface area contributed by atoms with E-state index in [4.69, 9.17) is 9.47 Å². The van der Waals surface area contributed by atoms with Crippen LogP contribution in [0.2, 0.25) is 0 Å². The molecule has 0 unspecified atom stereocenters. The molecule has 0 atom stereocenters. The molecule has 4 heterocycles. The minimum Gasteiger partial charge on any atom is -0.453 e. The maximum atomic E-state index is 6.19. The third-order valence-electron chi connectivity index (χ3n) is 10.1. The Morgan fingerprint density at radius 2 is 0.696 bits per heavy atom. The number of rotatable bonds is 6. The highest BCUT2D eigenvalue weighted by atomic mass is 16.5. The van der Waals surface area contributed by atoms with Crippen molar-refractivity contribution in [1.82, 2.24) is 30.0 Å². The summed E-state index contributed by atoms with van der Waals surface area (Å²) < 4.78 is 15.9. The standard InChI is InChI=1S/C46H30N8O2/c1-5-16-43-39(12-1)53(40-13-2-6-17-44(40)55-43)33-24-20-31(21-25-33)37-29-51(49-47-37)35-10-9-11-36(28-35)52-30-38(48-50-52)32-22-26-34(27-23-32)54-41-14-3-7-18-45(41)56-46-19-8-4-15-42(46)54/h1-30H. The molecule has 0 N–H and O–H groups in total. The molecule has 266 valence electrons. The summed E-state index contributed by atoms with van der Waals surface area (Å²) in [6, 6.07) is 57.0. The topological polar surface area (TPSA) is 86.4 Å². The van der Waals surface area contributed by atoms with Crippen molar-refractivity contribution in [2.45, 2.75) is 0 Å². The number of aromatic nitrogens is 6. The minimum absolute atomic E-state index is 0.764. The number of fused-ring (bicyclic) bond motifs is 4. The highest BCUT2D eigenvalue weighted by Crippen LogP contribution is 2.51. The zero-order valence-electron chi connectivity index (χ0n) is 29.7. The van der Waals surface area contributed by atoms with Gasteiger partial charge in [-0.15, -0.1) is 10.2 Å². The zero-order valence-corrected chi connectivity index (χ0v) is 29.7. The van der Waals surface area contributed by atoms with Crippen LogP contribution in [0.4, 0.5) is 34.1 Å². The molecule has 10 nitrogen and oxygen atoms in total. The van der Waals surface area contributed by atoms with E-state index >= 15 is 0 Å². The van der Waals surface area contributed by atoms with Gasteiger partial charge in [-0.2, -0.15) is 0 Å². The summed E-state index contributed by atoms with van der Waals surface area (Å²) in [5.41, 5.74) is 11.2. The Morgan fingerprint density at radius 1 is 0.339 bits per heavy atom. The van der Waals surface area contributed by atoms with Gasteiger partial charge in [0.1, 0.15) is 11.4 Å². The predicted molar refractivity (Wildman–Crippen MR) is 217 cm³/mol. The largest absolute Gasteiger partial charge is 0.453 e. The third kappa shape index (κ3) is 5.35. The van der Waals surface area contributed by atoms with Crippen LogP contribution in [0.1, 0.15) is 0 Å². The molecule has 2 aliphatic rings. The van der Waals surface area contributed by atoms with Crippen molar-refractivity contribution in [2.24, 2.45) is 0 Å². The molecule has 56 heavy (non-hydrogen) atoms. The Labute approximate surface area is 321 Å². The van der Waals surface area contributed by atoms with E-state index in [0.29, 0.717) is 0 Å². The molecule has 0 saturated heterocycles. The molecule has 7 aromatic carbocycles. The smallest absolute Gasteiger partial charge is 0.151 e. The summed E-state index contributed by atoms with van der Waals surface area (Å²) in [6.07, 6.45) is 3.88. The van der Waals surface area contributed by atoms with Gasteiger partial charge in [-0.1, -0.05) is 89.3 Å². The van der Waals surface area contributed by atoms with Gasteiger partial charge in [0, 0.05) is 22.5 Å². The first-order valence-electron chi connectivity index (χ1n) is 18.2. The van der Waals surface area contributed by atoms with Gasteiger partial charge in [-0.05, 0) is 91.0 Å². The fourth-order valence-electron chi connectivity index (χ4n) is 7.35. The van der Waals surface area contributed by atoms with Gasteiger partial charge < -0.3 is 19.3 Å². The van der Waals surface area contributed by atoms with Crippen LogP contribution < -0.4 is 19.3 Å². The Morgan fingerprint density at radius 3 is 1.07 bits per heavy atom. The first kappa shape index (κ1) is 31.5. The van der Waals surface area contributed by atoms with Crippen LogP contribution in [0.25, 0.3) is 33.9 Å². The van der Waals surface area contributed by atoms with Crippen LogP contribution in [0.15, 0.2) is 182 Å². The SMILES string of the molecule is c1cc(-n2cc(-c3ccc(N4c5ccccc5Oc5ccccc54)cc3)nn2)cc(-n2cc(-c3ccc(N4c5ccccc5Oc5ccccc54)cc3)nn2)c1. The summed E-state index contributed by atoms with van der Waals surface area (Å²) >= 11 is 0. The third-order valence-corrected chi connectivity index (χ3v) is 10.1. The number of hydrogen-bond acceptors (Lipinski definition) is 8. The summed E-state index contributed by atoms with van der Waals surface area (Å²) in [4.78, 5) is 4.43. The molecular weight excluding hydrogens is 697 g/mol. The second-order valence-electron chi connectivity index (χ2n) is 13.5. The maximum absolute atomic E-state index is 6.19. The van der Waals surface area contributed by atoms with E-state index in [9.17, 15) is 0 Å². The average molecular weight is 727 g/mol. The highest BCUT2D eigenvalue weighted by molar-refractivity contribution is 5.88. The highest BCUT2D eigenvalue weighted by Gasteiger charge is 2.26. The lowest BCUT2D eigenvalue weighted by atomic mass is 10.1. The van der Waals surface area contributed by atoms with Crippen LogP contribution in [-0.4, -0.2) is 30.0 Å². The summed E-state index contributed by atoms with van der Waals surface area (Å²) in [6.45, 7) is 0. The van der Waals surface area contributed by atoms with E-state index in [1.807, 2.05) is 109 Å². The molecule has 0 amide bonds. The zero-order chi connectivity index (χ0) is 37.0. The van der Waals surface area contributed by atoms with E-state index in [1.54, 1.807) is 9.36 Å². The Hall–Kier alpha value is -7.98. The average Bonchev–Trinajstić information content (AvgIpc) is 3.97. The molecule has 9 aromatic rings. The van der Waals surface area contributed by atoms with Crippen molar-refractivity contribution < 1.29 is 9.47 Å². The second kappa shape index (κ2) is 12.9. The van der Waals surface area contributed by atoms with Crippen LogP contribution in [0, 0.1) is 0 Å². The number of benzene rings is 7. The molecule has 0 spiro atoms. The van der Waals surface area contributed by atoms with E-state index < -0.39 is 0 Å². The van der Waals surface area contributed by atoms with Crippen LogP contribution in [0.3, 0.4) is 0 Å². The van der Waals surface area contributed by atoms with Crippen molar-refractivity contribution in [1.29, 1.82) is 0 Å². The van der Waals surface area contributed by atoms with Gasteiger partial charge >= 0.3 is 0 Å². The molecule has 11 rings (SSSR count). The van der Waals surface area contributed by atoms with Crippen molar-refractivity contribution in [2.75, 3.05) is 9.80 Å². The number of para-hydroxylation sites is 8. The van der Waals surface area contributed by atoms with Gasteiger partial charge in [-0.25, -0.2) is 9.36 Å². The van der Waals surface area contributed by atoms with Crippen LogP contribution in [0.5, 0.6) is 23.0 Å². The Bertz CT molecular complexity index is 2620. The van der Waals surface area contributed by atoms with Gasteiger partial charge in [-0.3, -0.25) is 0 Å². The number of nitrogens with zero attached hydrogens (tertiary/aromatic N) is 8. The fourth-order valence-corrected chi connectivity index (χ4v) is 7.35. The van der Waals surface area contributed by atoms with Crippen LogP contribution >= 0.6 is 0 Å². The molecule has 0 fully saturated rings. The van der Waals surface area contributed by atoms with E-state index in [1.165, 1.54) is 0 Å². The Kier molecular flexibility index (Phi) is 7.24. The minimum atomic E-state index is 0.764. The molecule has 2 aromatic heterocycles. The lowest BCUT2D eigenvalue weighted by molar-refractivity contribution is 0.477. The molecule has 2 aliphatic heterocycles. The van der Waals surface area contributed by atoms with Crippen molar-refractivity contribution in [3.05, 3.63) is 182 Å². The molecule has 10 heteroatoms. The Balaban J connectivity index is 0.832. The number of hydrogen-bond donors (Lipinski definition) is 0. The first-order valence-corrected chi connectivity index (χ1v) is 18.2. The van der Waals surface area contributed by atoms with Crippen molar-refractivity contribution >= 4 is 34.1 Å². The lowest BCUT2D eigenvalue weighted by Gasteiger charge is -2.32. The second-order valence-corrected chi connectivity index (χ2v) is 13.5. The maximum Gasteiger partial charge on any atom is 0.151 e. The molecule has 0 radical (unpaired) electrons. The number of ether oxygens (including phenoxy) is 2. The monoisotopic (exact) mass is 726 g/mol. The van der Waals surface area contributed by atoms with Gasteiger partial charge in [0.25, 0.3) is 0 Å². The van der Waals surface area contributed by atoms with Gasteiger partial charge in [0.2, 0.25) is 0 Å². The fraction of sp³-hybridized carbons (Fsp3) is 0.